The molecule has 0 spiro atoms. The Bertz CT molecular complexity index is 337. The maximum absolute atomic E-state index is 4.15. The molecule has 3 atom stereocenters. The lowest BCUT2D eigenvalue weighted by atomic mass is 9.78. The van der Waals surface area contributed by atoms with Gasteiger partial charge in [-0.3, -0.25) is 0 Å². The van der Waals surface area contributed by atoms with Crippen LogP contribution in [0, 0.1) is 18.8 Å². The van der Waals surface area contributed by atoms with E-state index in [2.05, 4.69) is 29.4 Å². The Morgan fingerprint density at radius 2 is 2.12 bits per heavy atom. The normalized spacial score (nSPS) is 30.6. The van der Waals surface area contributed by atoms with Gasteiger partial charge in [0.25, 0.3) is 0 Å². The monoisotopic (exact) mass is 239 g/mol. The molecule has 0 aliphatic heterocycles. The zero-order valence-corrected chi connectivity index (χ0v) is 11.2. The summed E-state index contributed by atoms with van der Waals surface area (Å²) in [5.74, 6) is 1.63. The molecule has 0 unspecified atom stereocenters. The van der Waals surface area contributed by atoms with Gasteiger partial charge in [0.05, 0.1) is 0 Å². The van der Waals surface area contributed by atoms with Crippen LogP contribution in [-0.2, 0) is 6.54 Å². The molecule has 3 nitrogen and oxygen atoms in total. The first-order valence-corrected chi connectivity index (χ1v) is 7.01. The predicted octanol–water partition coefficient (Wildman–Crippen LogP) is 2.76. The van der Waals surface area contributed by atoms with Crippen molar-refractivity contribution in [3.05, 3.63) is 10.0 Å². The lowest BCUT2D eigenvalue weighted by Crippen LogP contribution is -2.40. The second-order valence-electron chi connectivity index (χ2n) is 4.97. The number of hydrogen-bond acceptors (Lipinski definition) is 4. The SMILES string of the molecule is Cc1nnc(CN[C@@H]2CCC[C@H](C)[C@@H]2C)s1. The minimum atomic E-state index is 0.660. The zero-order valence-electron chi connectivity index (χ0n) is 10.4. The first-order chi connectivity index (χ1) is 7.66. The third kappa shape index (κ3) is 2.80. The number of aryl methyl sites for hydroxylation is 1. The van der Waals surface area contributed by atoms with Gasteiger partial charge in [0.2, 0.25) is 0 Å². The second kappa shape index (κ2) is 5.23. The second-order valence-corrected chi connectivity index (χ2v) is 6.24. The van der Waals surface area contributed by atoms with Gasteiger partial charge in [-0.25, -0.2) is 0 Å². The van der Waals surface area contributed by atoms with Crippen molar-refractivity contribution in [2.45, 2.75) is 52.6 Å². The van der Waals surface area contributed by atoms with E-state index in [0.717, 1.165) is 28.4 Å². The van der Waals surface area contributed by atoms with Crippen molar-refractivity contribution < 1.29 is 0 Å². The van der Waals surface area contributed by atoms with Crippen LogP contribution in [0.2, 0.25) is 0 Å². The number of nitrogens with one attached hydrogen (secondary N) is 1. The van der Waals surface area contributed by atoms with E-state index >= 15 is 0 Å². The molecule has 1 saturated carbocycles. The van der Waals surface area contributed by atoms with E-state index in [-0.39, 0.29) is 0 Å². The lowest BCUT2D eigenvalue weighted by molar-refractivity contribution is 0.206. The molecule has 0 amide bonds. The number of rotatable bonds is 3. The van der Waals surface area contributed by atoms with Crippen LogP contribution in [0.5, 0.6) is 0 Å². The smallest absolute Gasteiger partial charge is 0.131 e. The highest BCUT2D eigenvalue weighted by Gasteiger charge is 2.26. The number of hydrogen-bond donors (Lipinski definition) is 1. The molecular weight excluding hydrogens is 218 g/mol. The molecule has 2 rings (SSSR count). The minimum Gasteiger partial charge on any atom is -0.307 e. The Morgan fingerprint density at radius 3 is 2.81 bits per heavy atom. The summed E-state index contributed by atoms with van der Waals surface area (Å²) < 4.78 is 0. The van der Waals surface area contributed by atoms with E-state index in [1.54, 1.807) is 11.3 Å². The van der Waals surface area contributed by atoms with Gasteiger partial charge in [0, 0.05) is 12.6 Å². The van der Waals surface area contributed by atoms with Crippen LogP contribution in [0.15, 0.2) is 0 Å². The highest BCUT2D eigenvalue weighted by Crippen LogP contribution is 2.29. The summed E-state index contributed by atoms with van der Waals surface area (Å²) in [5, 5.41) is 14.0. The molecule has 16 heavy (non-hydrogen) atoms. The summed E-state index contributed by atoms with van der Waals surface area (Å²) in [6, 6.07) is 0.660. The fourth-order valence-electron chi connectivity index (χ4n) is 2.50. The molecule has 1 heterocycles. The van der Waals surface area contributed by atoms with E-state index in [4.69, 9.17) is 0 Å². The van der Waals surface area contributed by atoms with Crippen molar-refractivity contribution >= 4 is 11.3 Å². The summed E-state index contributed by atoms with van der Waals surface area (Å²) in [6.45, 7) is 7.63. The fraction of sp³-hybridized carbons (Fsp3) is 0.833. The van der Waals surface area contributed by atoms with Gasteiger partial charge in [-0.15, -0.1) is 21.5 Å². The van der Waals surface area contributed by atoms with Gasteiger partial charge in [-0.1, -0.05) is 26.7 Å². The number of nitrogens with zero attached hydrogens (tertiary/aromatic N) is 2. The molecule has 1 aromatic rings. The molecule has 1 N–H and O–H groups in total. The zero-order chi connectivity index (χ0) is 11.5. The molecule has 0 radical (unpaired) electrons. The predicted molar refractivity (Wildman–Crippen MR) is 67.5 cm³/mol. The van der Waals surface area contributed by atoms with Crippen LogP contribution in [0.4, 0.5) is 0 Å². The van der Waals surface area contributed by atoms with Crippen molar-refractivity contribution in [2.24, 2.45) is 11.8 Å². The van der Waals surface area contributed by atoms with Gasteiger partial charge in [0.1, 0.15) is 10.0 Å². The summed E-state index contributed by atoms with van der Waals surface area (Å²) >= 11 is 1.69. The Kier molecular flexibility index (Phi) is 3.92. The van der Waals surface area contributed by atoms with E-state index in [1.165, 1.54) is 19.3 Å². The van der Waals surface area contributed by atoms with Gasteiger partial charge in [-0.2, -0.15) is 0 Å². The molecule has 1 aliphatic rings. The molecule has 4 heteroatoms. The Labute approximate surface area is 102 Å². The average Bonchev–Trinajstić information content (AvgIpc) is 2.67. The van der Waals surface area contributed by atoms with Crippen molar-refractivity contribution in [1.29, 1.82) is 0 Å². The Morgan fingerprint density at radius 1 is 1.31 bits per heavy atom. The van der Waals surface area contributed by atoms with Gasteiger partial charge >= 0.3 is 0 Å². The topological polar surface area (TPSA) is 37.8 Å². The molecule has 0 saturated heterocycles. The van der Waals surface area contributed by atoms with Gasteiger partial charge in [0.15, 0.2) is 0 Å². The van der Waals surface area contributed by atoms with Crippen LogP contribution in [0.3, 0.4) is 0 Å². The molecule has 1 aromatic heterocycles. The maximum atomic E-state index is 4.15. The summed E-state index contributed by atoms with van der Waals surface area (Å²) in [7, 11) is 0. The average molecular weight is 239 g/mol. The van der Waals surface area contributed by atoms with Crippen molar-refractivity contribution in [3.8, 4) is 0 Å². The standard InChI is InChI=1S/C12H21N3S/c1-8-5-4-6-11(9(8)2)13-7-12-15-14-10(3)16-12/h8-9,11,13H,4-7H2,1-3H3/t8-,9-,11+/m0/s1. The molecule has 1 aliphatic carbocycles. The molecule has 0 aromatic carbocycles. The first kappa shape index (κ1) is 12.0. The van der Waals surface area contributed by atoms with Gasteiger partial charge < -0.3 is 5.32 Å². The third-order valence-electron chi connectivity index (χ3n) is 3.79. The molecule has 0 bridgehead atoms. The van der Waals surface area contributed by atoms with Crippen molar-refractivity contribution in [1.82, 2.24) is 15.5 Å². The number of aromatic nitrogens is 2. The van der Waals surface area contributed by atoms with Crippen LogP contribution < -0.4 is 5.32 Å². The first-order valence-electron chi connectivity index (χ1n) is 6.19. The highest BCUT2D eigenvalue weighted by molar-refractivity contribution is 7.11. The van der Waals surface area contributed by atoms with E-state index in [1.807, 2.05) is 6.92 Å². The van der Waals surface area contributed by atoms with Crippen LogP contribution in [0.25, 0.3) is 0 Å². The van der Waals surface area contributed by atoms with E-state index in [0.29, 0.717) is 6.04 Å². The lowest BCUT2D eigenvalue weighted by Gasteiger charge is -2.34. The van der Waals surface area contributed by atoms with E-state index < -0.39 is 0 Å². The quantitative estimate of drug-likeness (QED) is 0.881. The summed E-state index contributed by atoms with van der Waals surface area (Å²) in [6.07, 6.45) is 4.05. The molecular formula is C12H21N3S. The fourth-order valence-corrected chi connectivity index (χ4v) is 3.16. The summed E-state index contributed by atoms with van der Waals surface area (Å²) in [4.78, 5) is 0. The van der Waals surface area contributed by atoms with Crippen molar-refractivity contribution in [2.75, 3.05) is 0 Å². The van der Waals surface area contributed by atoms with Crippen LogP contribution in [0.1, 0.15) is 43.1 Å². The molecule has 90 valence electrons. The van der Waals surface area contributed by atoms with Crippen LogP contribution >= 0.6 is 11.3 Å². The van der Waals surface area contributed by atoms with E-state index in [9.17, 15) is 0 Å². The maximum Gasteiger partial charge on any atom is 0.131 e. The van der Waals surface area contributed by atoms with Crippen molar-refractivity contribution in [3.63, 3.8) is 0 Å². The minimum absolute atomic E-state index is 0.660. The highest BCUT2D eigenvalue weighted by atomic mass is 32.1. The van der Waals surface area contributed by atoms with Crippen LogP contribution in [-0.4, -0.2) is 16.2 Å². The van der Waals surface area contributed by atoms with Gasteiger partial charge in [-0.05, 0) is 25.2 Å². The Balaban J connectivity index is 1.85. The Hall–Kier alpha value is -0.480. The molecule has 1 fully saturated rings. The third-order valence-corrected chi connectivity index (χ3v) is 4.63. The summed E-state index contributed by atoms with van der Waals surface area (Å²) in [5.41, 5.74) is 0. The largest absolute Gasteiger partial charge is 0.307 e.